The topological polar surface area (TPSA) is 78.9 Å². The molecule has 0 radical (unpaired) electrons. The average Bonchev–Trinajstić information content (AvgIpc) is 3.41. The maximum atomic E-state index is 12.9. The van der Waals surface area contributed by atoms with Crippen molar-refractivity contribution < 1.29 is 28.6 Å². The average molecular weight is 1040 g/mol. The second kappa shape index (κ2) is 61.8. The van der Waals surface area contributed by atoms with Crippen LogP contribution in [0.4, 0.5) is 0 Å². The number of hydrogen-bond acceptors (Lipinski definition) is 6. The molecule has 6 heteroatoms. The minimum absolute atomic E-state index is 0.0974. The molecule has 1 unspecified atom stereocenters. The molecule has 0 aliphatic heterocycles. The molecular weight excluding hydrogens is 925 g/mol. The van der Waals surface area contributed by atoms with Gasteiger partial charge in [-0.05, 0) is 122 Å². The Morgan fingerprint density at radius 2 is 0.520 bits per heavy atom. The van der Waals surface area contributed by atoms with Crippen LogP contribution in [0.15, 0.2) is 146 Å². The molecule has 422 valence electrons. The van der Waals surface area contributed by atoms with E-state index in [1.54, 1.807) is 0 Å². The van der Waals surface area contributed by atoms with Gasteiger partial charge in [0.1, 0.15) is 13.2 Å². The summed E-state index contributed by atoms with van der Waals surface area (Å²) in [6.07, 6.45) is 88.5. The summed E-state index contributed by atoms with van der Waals surface area (Å²) >= 11 is 0. The van der Waals surface area contributed by atoms with Gasteiger partial charge in [-0.25, -0.2) is 0 Å². The first kappa shape index (κ1) is 70.3. The molecule has 75 heavy (non-hydrogen) atoms. The summed E-state index contributed by atoms with van der Waals surface area (Å²) in [5.41, 5.74) is 0. The minimum atomic E-state index is -0.803. The molecule has 0 aromatic rings. The zero-order valence-corrected chi connectivity index (χ0v) is 48.3. The van der Waals surface area contributed by atoms with Gasteiger partial charge in [-0.1, -0.05) is 256 Å². The number of allylic oxidation sites excluding steroid dienone is 24. The summed E-state index contributed by atoms with van der Waals surface area (Å²) < 4.78 is 16.8. The molecule has 0 fully saturated rings. The lowest BCUT2D eigenvalue weighted by atomic mass is 10.1. The summed E-state index contributed by atoms with van der Waals surface area (Å²) in [7, 11) is 0. The summed E-state index contributed by atoms with van der Waals surface area (Å²) in [5.74, 6) is -0.949. The molecule has 0 bridgehead atoms. The fourth-order valence-electron chi connectivity index (χ4n) is 7.86. The Kier molecular flexibility index (Phi) is 58.0. The van der Waals surface area contributed by atoms with Crippen LogP contribution >= 0.6 is 0 Å². The molecule has 0 amide bonds. The standard InChI is InChI=1S/C69H110O6/c1-4-7-10-13-16-19-21-23-25-27-29-31-33-34-36-37-39-41-43-45-47-50-53-56-59-62-68(71)74-65-66(64-73-67(70)61-58-55-52-49-18-15-12-9-6-3)75-69(72)63-60-57-54-51-48-46-44-42-40-38-35-32-30-28-26-24-22-20-17-14-11-8-5-2/h7-8,10-11,16-17,19-20,23-26,29-32,34,36,38-41,45,47,66H,4-6,9,12-15,18,21-22,27-28,33,35,37,42-44,46,48-65H2,1-3H3/b10-7-,11-8-,19-16-,20-17-,25-23-,26-24-,31-29-,32-30-,36-34-,40-38-,41-39-,47-45-. The van der Waals surface area contributed by atoms with E-state index in [1.807, 2.05) is 0 Å². The predicted molar refractivity (Wildman–Crippen MR) is 325 cm³/mol. The highest BCUT2D eigenvalue weighted by atomic mass is 16.6. The second-order valence-electron chi connectivity index (χ2n) is 19.5. The highest BCUT2D eigenvalue weighted by molar-refractivity contribution is 5.71. The maximum Gasteiger partial charge on any atom is 0.306 e. The summed E-state index contributed by atoms with van der Waals surface area (Å²) in [6, 6.07) is 0. The van der Waals surface area contributed by atoms with Crippen LogP contribution in [0.1, 0.15) is 252 Å². The van der Waals surface area contributed by atoms with Gasteiger partial charge in [0.05, 0.1) is 0 Å². The largest absolute Gasteiger partial charge is 0.462 e. The van der Waals surface area contributed by atoms with Crippen LogP contribution in [0.5, 0.6) is 0 Å². The molecule has 0 aliphatic rings. The van der Waals surface area contributed by atoms with Crippen molar-refractivity contribution in [3.8, 4) is 0 Å². The first-order valence-electron chi connectivity index (χ1n) is 30.3. The van der Waals surface area contributed by atoms with Crippen LogP contribution < -0.4 is 0 Å². The monoisotopic (exact) mass is 1030 g/mol. The van der Waals surface area contributed by atoms with Gasteiger partial charge in [0.2, 0.25) is 0 Å². The zero-order valence-electron chi connectivity index (χ0n) is 48.3. The predicted octanol–water partition coefficient (Wildman–Crippen LogP) is 20.8. The highest BCUT2D eigenvalue weighted by Gasteiger charge is 2.19. The van der Waals surface area contributed by atoms with E-state index in [-0.39, 0.29) is 31.1 Å². The number of unbranched alkanes of at least 4 members (excludes halogenated alkanes) is 18. The van der Waals surface area contributed by atoms with Crippen molar-refractivity contribution in [1.29, 1.82) is 0 Å². The normalized spacial score (nSPS) is 13.2. The van der Waals surface area contributed by atoms with Crippen LogP contribution in [0.25, 0.3) is 0 Å². The van der Waals surface area contributed by atoms with Crippen LogP contribution in [0.3, 0.4) is 0 Å². The van der Waals surface area contributed by atoms with Gasteiger partial charge in [-0.2, -0.15) is 0 Å². The molecule has 0 saturated heterocycles. The van der Waals surface area contributed by atoms with Crippen molar-refractivity contribution in [2.45, 2.75) is 258 Å². The Labute approximate surface area is 461 Å². The summed E-state index contributed by atoms with van der Waals surface area (Å²) in [4.78, 5) is 38.1. The lowest BCUT2D eigenvalue weighted by Crippen LogP contribution is -2.30. The van der Waals surface area contributed by atoms with E-state index in [0.29, 0.717) is 19.3 Å². The van der Waals surface area contributed by atoms with Gasteiger partial charge < -0.3 is 14.2 Å². The van der Waals surface area contributed by atoms with E-state index < -0.39 is 6.10 Å². The van der Waals surface area contributed by atoms with Crippen molar-refractivity contribution in [2.24, 2.45) is 0 Å². The third-order valence-corrected chi connectivity index (χ3v) is 12.3. The molecule has 0 heterocycles. The number of carbonyl (C=O) groups excluding carboxylic acids is 3. The maximum absolute atomic E-state index is 12.9. The summed E-state index contributed by atoms with van der Waals surface area (Å²) in [6.45, 7) is 6.35. The van der Waals surface area contributed by atoms with E-state index in [1.165, 1.54) is 57.8 Å². The molecule has 0 aromatic heterocycles. The molecule has 0 spiro atoms. The van der Waals surface area contributed by atoms with Gasteiger partial charge in [0.15, 0.2) is 6.10 Å². The number of ether oxygens (including phenoxy) is 3. The fraction of sp³-hybridized carbons (Fsp3) is 0.609. The van der Waals surface area contributed by atoms with E-state index >= 15 is 0 Å². The van der Waals surface area contributed by atoms with Gasteiger partial charge in [-0.3, -0.25) is 14.4 Å². The smallest absolute Gasteiger partial charge is 0.306 e. The van der Waals surface area contributed by atoms with Crippen molar-refractivity contribution in [3.05, 3.63) is 146 Å². The molecule has 0 aromatic carbocycles. The molecule has 1 atom stereocenters. The van der Waals surface area contributed by atoms with E-state index in [9.17, 15) is 14.4 Å². The molecule has 0 aliphatic carbocycles. The Morgan fingerprint density at radius 1 is 0.280 bits per heavy atom. The lowest BCUT2D eigenvalue weighted by Gasteiger charge is -2.18. The van der Waals surface area contributed by atoms with Gasteiger partial charge in [0, 0.05) is 19.3 Å². The van der Waals surface area contributed by atoms with E-state index in [4.69, 9.17) is 14.2 Å². The van der Waals surface area contributed by atoms with E-state index in [2.05, 4.69) is 167 Å². The summed E-state index contributed by atoms with van der Waals surface area (Å²) in [5, 5.41) is 0. The molecule has 0 rings (SSSR count). The molecule has 6 nitrogen and oxygen atoms in total. The Bertz CT molecular complexity index is 1660. The van der Waals surface area contributed by atoms with Crippen molar-refractivity contribution in [2.75, 3.05) is 13.2 Å². The first-order valence-corrected chi connectivity index (χ1v) is 30.3. The number of rotatable bonds is 53. The Balaban J connectivity index is 4.38. The van der Waals surface area contributed by atoms with Gasteiger partial charge in [-0.15, -0.1) is 0 Å². The van der Waals surface area contributed by atoms with Crippen LogP contribution in [-0.4, -0.2) is 37.2 Å². The van der Waals surface area contributed by atoms with Crippen LogP contribution in [-0.2, 0) is 28.6 Å². The minimum Gasteiger partial charge on any atom is -0.462 e. The molecule has 0 saturated carbocycles. The first-order chi connectivity index (χ1) is 37.0. The van der Waals surface area contributed by atoms with Gasteiger partial charge >= 0.3 is 17.9 Å². The lowest BCUT2D eigenvalue weighted by molar-refractivity contribution is -0.167. The number of hydrogen-bond donors (Lipinski definition) is 0. The third kappa shape index (κ3) is 60.0. The fourth-order valence-corrected chi connectivity index (χ4v) is 7.86. The van der Waals surface area contributed by atoms with Crippen LogP contribution in [0.2, 0.25) is 0 Å². The Hall–Kier alpha value is -4.71. The second-order valence-corrected chi connectivity index (χ2v) is 19.5. The molecule has 0 N–H and O–H groups in total. The van der Waals surface area contributed by atoms with Crippen molar-refractivity contribution >= 4 is 17.9 Å². The van der Waals surface area contributed by atoms with Crippen molar-refractivity contribution in [3.63, 3.8) is 0 Å². The van der Waals surface area contributed by atoms with Crippen molar-refractivity contribution in [1.82, 2.24) is 0 Å². The third-order valence-electron chi connectivity index (χ3n) is 12.3. The van der Waals surface area contributed by atoms with Gasteiger partial charge in [0.25, 0.3) is 0 Å². The SMILES string of the molecule is CC/C=C\C/C=C\C/C=C\C/C=C\C/C=C\C/C=C\C/C=C\CCCCCC(=O)OCC(COC(=O)CCCCCCCCCCC)OC(=O)CCCCCCCCC/C=C\C/C=C\C/C=C\C/C=C\C/C=C\CC. The quantitative estimate of drug-likeness (QED) is 0.0261. The number of carbonyl (C=O) groups is 3. The zero-order chi connectivity index (χ0) is 54.3. The molecular formula is C69H110O6. The highest BCUT2D eigenvalue weighted by Crippen LogP contribution is 2.14. The Morgan fingerprint density at radius 3 is 0.827 bits per heavy atom. The van der Waals surface area contributed by atoms with E-state index in [0.717, 1.165) is 154 Å². The number of esters is 3. The van der Waals surface area contributed by atoms with Crippen LogP contribution in [0, 0.1) is 0 Å².